The minimum Gasteiger partial charge on any atom is -0.490 e. The maximum atomic E-state index is 12.6. The average molecular weight is 360 g/mol. The van der Waals surface area contributed by atoms with E-state index in [0.717, 1.165) is 23.5 Å². The summed E-state index contributed by atoms with van der Waals surface area (Å²) in [7, 11) is 0. The summed E-state index contributed by atoms with van der Waals surface area (Å²) in [5.41, 5.74) is 0.928. The lowest BCUT2D eigenvalue weighted by molar-refractivity contribution is -0.139. The van der Waals surface area contributed by atoms with E-state index in [2.05, 4.69) is 0 Å². The van der Waals surface area contributed by atoms with Gasteiger partial charge in [0.05, 0.1) is 19.6 Å². The first-order valence-electron chi connectivity index (χ1n) is 9.47. The van der Waals surface area contributed by atoms with Crippen LogP contribution in [-0.2, 0) is 16.0 Å². The van der Waals surface area contributed by atoms with Crippen molar-refractivity contribution in [2.75, 3.05) is 39.4 Å². The highest BCUT2D eigenvalue weighted by molar-refractivity contribution is 5.80. The molecule has 0 N–H and O–H groups in total. The molecule has 26 heavy (non-hydrogen) atoms. The average Bonchev–Trinajstić information content (AvgIpc) is 2.86. The molecule has 0 aromatic heterocycles. The molecule has 1 fully saturated rings. The van der Waals surface area contributed by atoms with Crippen LogP contribution in [0, 0.1) is 5.92 Å². The molecule has 0 aliphatic carbocycles. The van der Waals surface area contributed by atoms with E-state index < -0.39 is 0 Å². The molecule has 6 heteroatoms. The van der Waals surface area contributed by atoms with Gasteiger partial charge in [0.1, 0.15) is 0 Å². The molecule has 1 saturated heterocycles. The predicted molar refractivity (Wildman–Crippen MR) is 98.4 cm³/mol. The lowest BCUT2D eigenvalue weighted by Gasteiger charge is -2.35. The van der Waals surface area contributed by atoms with Crippen molar-refractivity contribution in [2.45, 2.75) is 33.1 Å². The zero-order valence-electron chi connectivity index (χ0n) is 15.7. The summed E-state index contributed by atoms with van der Waals surface area (Å²) in [4.78, 5) is 28.5. The van der Waals surface area contributed by atoms with Crippen molar-refractivity contribution in [3.8, 4) is 11.5 Å². The van der Waals surface area contributed by atoms with Crippen LogP contribution in [0.1, 0.15) is 32.3 Å². The molecule has 6 nitrogen and oxygen atoms in total. The Labute approximate surface area is 155 Å². The zero-order valence-corrected chi connectivity index (χ0v) is 15.7. The smallest absolute Gasteiger partial charge is 0.227 e. The van der Waals surface area contributed by atoms with E-state index in [-0.39, 0.29) is 11.8 Å². The molecule has 2 aliphatic heterocycles. The SMILES string of the molecule is CC(C)CC(=O)N1CCN(C(=O)Cc2ccc3c(c2)OCCCO3)CC1. The highest BCUT2D eigenvalue weighted by Crippen LogP contribution is 2.30. The van der Waals surface area contributed by atoms with Gasteiger partial charge in [0, 0.05) is 39.0 Å². The Bertz CT molecular complexity index is 651. The Kier molecular flexibility index (Phi) is 6.01. The summed E-state index contributed by atoms with van der Waals surface area (Å²) < 4.78 is 11.3. The minimum atomic E-state index is 0.0930. The second-order valence-electron chi connectivity index (χ2n) is 7.37. The minimum absolute atomic E-state index is 0.0930. The van der Waals surface area contributed by atoms with Gasteiger partial charge in [-0.2, -0.15) is 0 Å². The van der Waals surface area contributed by atoms with E-state index in [0.29, 0.717) is 58.2 Å². The molecular formula is C20H28N2O4. The molecule has 0 bridgehead atoms. The molecule has 0 radical (unpaired) electrons. The lowest BCUT2D eigenvalue weighted by Crippen LogP contribution is -2.51. The van der Waals surface area contributed by atoms with Gasteiger partial charge in [-0.3, -0.25) is 9.59 Å². The van der Waals surface area contributed by atoms with Crippen molar-refractivity contribution in [3.05, 3.63) is 23.8 Å². The van der Waals surface area contributed by atoms with Crippen LogP contribution in [0.2, 0.25) is 0 Å². The fourth-order valence-electron chi connectivity index (χ4n) is 3.29. The summed E-state index contributed by atoms with van der Waals surface area (Å²) in [5.74, 6) is 2.11. The summed E-state index contributed by atoms with van der Waals surface area (Å²) in [6.07, 6.45) is 1.78. The molecule has 0 saturated carbocycles. The summed E-state index contributed by atoms with van der Waals surface area (Å²) in [6.45, 7) is 7.85. The molecule has 3 rings (SSSR count). The maximum absolute atomic E-state index is 12.6. The third-order valence-electron chi connectivity index (χ3n) is 4.74. The van der Waals surface area contributed by atoms with Crippen molar-refractivity contribution < 1.29 is 19.1 Å². The molecule has 2 aliphatic rings. The van der Waals surface area contributed by atoms with Crippen LogP contribution in [0.25, 0.3) is 0 Å². The summed E-state index contributed by atoms with van der Waals surface area (Å²) in [6, 6.07) is 5.71. The molecule has 2 amide bonds. The van der Waals surface area contributed by atoms with Gasteiger partial charge < -0.3 is 19.3 Å². The predicted octanol–water partition coefficient (Wildman–Crippen LogP) is 2.11. The van der Waals surface area contributed by atoms with Crippen LogP contribution in [0.15, 0.2) is 18.2 Å². The lowest BCUT2D eigenvalue weighted by atomic mass is 10.1. The standard InChI is InChI=1S/C20H28N2O4/c1-15(2)12-19(23)21-6-8-22(9-7-21)20(24)14-16-4-5-17-18(13-16)26-11-3-10-25-17/h4-5,13,15H,3,6-12,14H2,1-2H3. The zero-order chi connectivity index (χ0) is 18.5. The quantitative estimate of drug-likeness (QED) is 0.825. The number of rotatable bonds is 4. The number of nitrogens with zero attached hydrogens (tertiary/aromatic N) is 2. The molecule has 142 valence electrons. The Morgan fingerprint density at radius 2 is 1.58 bits per heavy atom. The fraction of sp³-hybridized carbons (Fsp3) is 0.600. The summed E-state index contributed by atoms with van der Waals surface area (Å²) in [5, 5.41) is 0. The van der Waals surface area contributed by atoms with Crippen molar-refractivity contribution in [1.29, 1.82) is 0 Å². The molecular weight excluding hydrogens is 332 g/mol. The maximum Gasteiger partial charge on any atom is 0.227 e. The Morgan fingerprint density at radius 3 is 2.23 bits per heavy atom. The number of ether oxygens (including phenoxy) is 2. The van der Waals surface area contributed by atoms with E-state index in [1.807, 2.05) is 41.8 Å². The van der Waals surface area contributed by atoms with Gasteiger partial charge >= 0.3 is 0 Å². The molecule has 2 heterocycles. The number of carbonyl (C=O) groups is 2. The van der Waals surface area contributed by atoms with Crippen LogP contribution in [0.3, 0.4) is 0 Å². The topological polar surface area (TPSA) is 59.1 Å². The van der Waals surface area contributed by atoms with Crippen LogP contribution in [0.4, 0.5) is 0 Å². The first-order valence-corrected chi connectivity index (χ1v) is 9.47. The van der Waals surface area contributed by atoms with E-state index in [9.17, 15) is 9.59 Å². The van der Waals surface area contributed by atoms with Gasteiger partial charge in [0.15, 0.2) is 11.5 Å². The Morgan fingerprint density at radius 1 is 0.962 bits per heavy atom. The third-order valence-corrected chi connectivity index (χ3v) is 4.74. The van der Waals surface area contributed by atoms with E-state index >= 15 is 0 Å². The Balaban J connectivity index is 1.53. The van der Waals surface area contributed by atoms with Gasteiger partial charge in [-0.25, -0.2) is 0 Å². The Hall–Kier alpha value is -2.24. The number of carbonyl (C=O) groups excluding carboxylic acids is 2. The van der Waals surface area contributed by atoms with Gasteiger partial charge in [-0.15, -0.1) is 0 Å². The van der Waals surface area contributed by atoms with Gasteiger partial charge in [-0.1, -0.05) is 19.9 Å². The number of benzene rings is 1. The first-order chi connectivity index (χ1) is 12.5. The number of fused-ring (bicyclic) bond motifs is 1. The number of hydrogen-bond acceptors (Lipinski definition) is 4. The number of piperazine rings is 1. The molecule has 1 aromatic carbocycles. The van der Waals surface area contributed by atoms with Gasteiger partial charge in [0.2, 0.25) is 11.8 Å². The van der Waals surface area contributed by atoms with Gasteiger partial charge in [-0.05, 0) is 23.6 Å². The normalized spacial score (nSPS) is 17.2. The van der Waals surface area contributed by atoms with Gasteiger partial charge in [0.25, 0.3) is 0 Å². The second-order valence-corrected chi connectivity index (χ2v) is 7.37. The van der Waals surface area contributed by atoms with Crippen LogP contribution in [-0.4, -0.2) is 61.0 Å². The van der Waals surface area contributed by atoms with Crippen molar-refractivity contribution in [1.82, 2.24) is 9.80 Å². The second kappa shape index (κ2) is 8.43. The summed E-state index contributed by atoms with van der Waals surface area (Å²) >= 11 is 0. The highest BCUT2D eigenvalue weighted by Gasteiger charge is 2.24. The molecule has 1 aromatic rings. The first kappa shape index (κ1) is 18.5. The van der Waals surface area contributed by atoms with Crippen LogP contribution >= 0.6 is 0 Å². The van der Waals surface area contributed by atoms with Crippen molar-refractivity contribution in [2.24, 2.45) is 5.92 Å². The van der Waals surface area contributed by atoms with Crippen molar-refractivity contribution >= 4 is 11.8 Å². The van der Waals surface area contributed by atoms with E-state index in [1.165, 1.54) is 0 Å². The molecule has 0 unspecified atom stereocenters. The fourth-order valence-corrected chi connectivity index (χ4v) is 3.29. The van der Waals surface area contributed by atoms with E-state index in [4.69, 9.17) is 9.47 Å². The third kappa shape index (κ3) is 4.68. The largest absolute Gasteiger partial charge is 0.490 e. The molecule has 0 spiro atoms. The van der Waals surface area contributed by atoms with Crippen LogP contribution < -0.4 is 9.47 Å². The number of amides is 2. The van der Waals surface area contributed by atoms with Crippen molar-refractivity contribution in [3.63, 3.8) is 0 Å². The monoisotopic (exact) mass is 360 g/mol. The highest BCUT2D eigenvalue weighted by atomic mass is 16.5. The van der Waals surface area contributed by atoms with Crippen LogP contribution in [0.5, 0.6) is 11.5 Å². The number of hydrogen-bond donors (Lipinski definition) is 0. The molecule has 0 atom stereocenters. The van der Waals surface area contributed by atoms with E-state index in [1.54, 1.807) is 0 Å².